The average Bonchev–Trinajstić information content (AvgIpc) is 3.04. The smallest absolute Gasteiger partial charge is 0.312 e. The Balaban J connectivity index is 1.69. The maximum Gasteiger partial charge on any atom is 0.312 e. The lowest BCUT2D eigenvalue weighted by molar-refractivity contribution is -0.386. The first-order valence-electron chi connectivity index (χ1n) is 9.07. The van der Waals surface area contributed by atoms with Crippen molar-refractivity contribution in [3.63, 3.8) is 0 Å². The maximum atomic E-state index is 12.7. The lowest BCUT2D eigenvalue weighted by atomic mass is 10.2. The van der Waals surface area contributed by atoms with Gasteiger partial charge in [0.1, 0.15) is 0 Å². The van der Waals surface area contributed by atoms with E-state index < -0.39 is 49.0 Å². The summed E-state index contributed by atoms with van der Waals surface area (Å²) in [5.74, 6) is -1.07. The van der Waals surface area contributed by atoms with E-state index in [1.807, 2.05) is 0 Å². The minimum Gasteiger partial charge on any atom is -0.477 e. The zero-order valence-corrected chi connectivity index (χ0v) is 17.5. The van der Waals surface area contributed by atoms with Gasteiger partial charge < -0.3 is 14.8 Å². The Bertz CT molecular complexity index is 1030. The number of nitrogens with zero attached hydrogens (tertiary/aromatic N) is 2. The number of hydrogen-bond acceptors (Lipinski definition) is 9. The van der Waals surface area contributed by atoms with Crippen molar-refractivity contribution in [3.8, 4) is 5.75 Å². The average molecular weight is 463 g/mol. The van der Waals surface area contributed by atoms with Gasteiger partial charge in [-0.15, -0.1) is 0 Å². The summed E-state index contributed by atoms with van der Waals surface area (Å²) in [6.45, 7) is 0.184. The van der Waals surface area contributed by atoms with E-state index in [1.54, 1.807) is 0 Å². The second-order valence-corrected chi connectivity index (χ2v) is 11.0. The zero-order chi connectivity index (χ0) is 21.9. The van der Waals surface area contributed by atoms with Crippen LogP contribution in [0.4, 0.5) is 5.69 Å². The van der Waals surface area contributed by atoms with Gasteiger partial charge >= 0.3 is 5.69 Å². The molecule has 30 heavy (non-hydrogen) atoms. The third-order valence-electron chi connectivity index (χ3n) is 4.69. The van der Waals surface area contributed by atoms with Crippen LogP contribution in [0.2, 0.25) is 0 Å². The Morgan fingerprint density at radius 3 is 2.63 bits per heavy atom. The molecule has 0 bridgehead atoms. The molecule has 166 valence electrons. The van der Waals surface area contributed by atoms with Crippen molar-refractivity contribution >= 4 is 31.5 Å². The highest BCUT2D eigenvalue weighted by Gasteiger charge is 2.31. The summed E-state index contributed by atoms with van der Waals surface area (Å²) in [7, 11) is -7.10. The van der Waals surface area contributed by atoms with E-state index in [9.17, 15) is 31.7 Å². The number of carbonyl (C=O) groups is 1. The van der Waals surface area contributed by atoms with Crippen molar-refractivity contribution in [2.24, 2.45) is 0 Å². The molecule has 2 aliphatic rings. The summed E-state index contributed by atoms with van der Waals surface area (Å²) in [5, 5.41) is 13.9. The number of morpholine rings is 1. The Kier molecular flexibility index (Phi) is 6.59. The van der Waals surface area contributed by atoms with Crippen LogP contribution in [0.15, 0.2) is 23.1 Å². The van der Waals surface area contributed by atoms with E-state index in [0.29, 0.717) is 6.42 Å². The predicted molar refractivity (Wildman–Crippen MR) is 103 cm³/mol. The fourth-order valence-corrected chi connectivity index (χ4v) is 6.28. The molecule has 2 fully saturated rings. The Morgan fingerprint density at radius 1 is 1.33 bits per heavy atom. The molecule has 0 radical (unpaired) electrons. The van der Waals surface area contributed by atoms with Gasteiger partial charge in [0.05, 0.1) is 34.5 Å². The number of amides is 1. The SMILES string of the molecule is O=C(COc1ccc(S(=O)(=O)N2CCOCC2)cc1[N+](=O)[O-])N[C@H]1CCS(=O)(=O)C1. The molecule has 1 aromatic rings. The molecule has 2 aliphatic heterocycles. The van der Waals surface area contributed by atoms with Gasteiger partial charge in [-0.3, -0.25) is 14.9 Å². The van der Waals surface area contributed by atoms with E-state index in [2.05, 4.69) is 5.32 Å². The minimum atomic E-state index is -3.94. The predicted octanol–water partition coefficient (Wildman–Crippen LogP) is -0.702. The van der Waals surface area contributed by atoms with Gasteiger partial charge in [-0.05, 0) is 18.6 Å². The first-order chi connectivity index (χ1) is 14.1. The number of nitro groups is 1. The number of rotatable bonds is 7. The van der Waals surface area contributed by atoms with E-state index in [0.717, 1.165) is 12.1 Å². The molecule has 0 unspecified atom stereocenters. The Morgan fingerprint density at radius 2 is 2.03 bits per heavy atom. The third kappa shape index (κ3) is 5.24. The van der Waals surface area contributed by atoms with Crippen LogP contribution in [-0.4, -0.2) is 82.4 Å². The summed E-state index contributed by atoms with van der Waals surface area (Å²) >= 11 is 0. The molecule has 1 N–H and O–H groups in total. The molecule has 12 nitrogen and oxygen atoms in total. The number of benzene rings is 1. The second-order valence-electron chi connectivity index (χ2n) is 6.86. The molecule has 0 aromatic heterocycles. The minimum absolute atomic E-state index is 0.0106. The van der Waals surface area contributed by atoms with Crippen LogP contribution < -0.4 is 10.1 Å². The highest BCUT2D eigenvalue weighted by atomic mass is 32.2. The summed E-state index contributed by atoms with van der Waals surface area (Å²) in [4.78, 5) is 22.3. The number of nitrogens with one attached hydrogen (secondary N) is 1. The van der Waals surface area contributed by atoms with Crippen molar-refractivity contribution in [2.45, 2.75) is 17.4 Å². The summed E-state index contributed by atoms with van der Waals surface area (Å²) in [5.41, 5.74) is -0.597. The third-order valence-corrected chi connectivity index (χ3v) is 8.35. The lowest BCUT2D eigenvalue weighted by Crippen LogP contribution is -2.40. The first kappa shape index (κ1) is 22.4. The lowest BCUT2D eigenvalue weighted by Gasteiger charge is -2.26. The van der Waals surface area contributed by atoms with Crippen molar-refractivity contribution in [1.29, 1.82) is 0 Å². The van der Waals surface area contributed by atoms with Crippen LogP contribution in [0, 0.1) is 10.1 Å². The normalized spacial score (nSPS) is 21.8. The van der Waals surface area contributed by atoms with Crippen LogP contribution >= 0.6 is 0 Å². The van der Waals surface area contributed by atoms with E-state index in [-0.39, 0.29) is 48.5 Å². The fourth-order valence-electron chi connectivity index (χ4n) is 3.18. The Hall–Kier alpha value is -2.29. The van der Waals surface area contributed by atoms with Gasteiger partial charge in [0.2, 0.25) is 10.0 Å². The number of ether oxygens (including phenoxy) is 2. The van der Waals surface area contributed by atoms with Crippen LogP contribution in [-0.2, 0) is 29.4 Å². The van der Waals surface area contributed by atoms with Gasteiger partial charge in [-0.2, -0.15) is 4.31 Å². The van der Waals surface area contributed by atoms with Gasteiger partial charge in [0.15, 0.2) is 22.2 Å². The number of sulfone groups is 1. The molecule has 0 spiro atoms. The molecule has 1 amide bonds. The van der Waals surface area contributed by atoms with Gasteiger partial charge in [-0.1, -0.05) is 0 Å². The number of carbonyl (C=O) groups excluding carboxylic acids is 1. The van der Waals surface area contributed by atoms with Gasteiger partial charge in [-0.25, -0.2) is 16.8 Å². The van der Waals surface area contributed by atoms with E-state index in [4.69, 9.17) is 9.47 Å². The summed E-state index contributed by atoms with van der Waals surface area (Å²) in [6.07, 6.45) is 0.294. The maximum absolute atomic E-state index is 12.7. The van der Waals surface area contributed by atoms with Crippen molar-refractivity contribution < 1.29 is 36.0 Å². The monoisotopic (exact) mass is 463 g/mol. The molecule has 3 rings (SSSR count). The molecule has 14 heteroatoms. The quantitative estimate of drug-likeness (QED) is 0.407. The molecule has 0 aliphatic carbocycles. The summed E-state index contributed by atoms with van der Waals surface area (Å²) < 4.78 is 59.7. The Labute approximate surface area is 173 Å². The second kappa shape index (κ2) is 8.83. The molecular formula is C16H21N3O9S2. The first-order valence-corrected chi connectivity index (χ1v) is 12.3. The van der Waals surface area contributed by atoms with Crippen molar-refractivity contribution in [1.82, 2.24) is 9.62 Å². The van der Waals surface area contributed by atoms with Gasteiger partial charge in [0.25, 0.3) is 5.91 Å². The van der Waals surface area contributed by atoms with Gasteiger partial charge in [0, 0.05) is 25.2 Å². The molecule has 2 heterocycles. The number of hydrogen-bond donors (Lipinski definition) is 1. The van der Waals surface area contributed by atoms with Crippen LogP contribution in [0.25, 0.3) is 0 Å². The van der Waals surface area contributed by atoms with Crippen LogP contribution in [0.1, 0.15) is 6.42 Å². The van der Waals surface area contributed by atoms with Crippen LogP contribution in [0.5, 0.6) is 5.75 Å². The van der Waals surface area contributed by atoms with E-state index in [1.165, 1.54) is 10.4 Å². The zero-order valence-electron chi connectivity index (χ0n) is 15.9. The highest BCUT2D eigenvalue weighted by molar-refractivity contribution is 7.91. The van der Waals surface area contributed by atoms with Crippen LogP contribution in [0.3, 0.4) is 0 Å². The molecule has 1 atom stereocenters. The topological polar surface area (TPSA) is 162 Å². The number of nitro benzene ring substituents is 1. The molecular weight excluding hydrogens is 442 g/mol. The van der Waals surface area contributed by atoms with Crippen molar-refractivity contribution in [3.05, 3.63) is 28.3 Å². The molecule has 1 aromatic carbocycles. The van der Waals surface area contributed by atoms with E-state index >= 15 is 0 Å². The highest BCUT2D eigenvalue weighted by Crippen LogP contribution is 2.31. The standard InChI is InChI=1S/C16H21N3O9S2/c20-16(17-12-3-8-29(23,24)11-12)10-28-15-2-1-13(9-14(15)19(21)22)30(25,26)18-4-6-27-7-5-18/h1-2,9,12H,3-8,10-11H2,(H,17,20)/t12-/m0/s1. The van der Waals surface area contributed by atoms with Crippen molar-refractivity contribution in [2.75, 3.05) is 44.4 Å². The number of sulfonamides is 1. The molecule has 0 saturated carbocycles. The molecule has 2 saturated heterocycles. The largest absolute Gasteiger partial charge is 0.477 e. The fraction of sp³-hybridized carbons (Fsp3) is 0.562. The summed E-state index contributed by atoms with van der Waals surface area (Å²) in [6, 6.07) is 2.66.